The molecule has 0 aliphatic heterocycles. The maximum Gasteiger partial charge on any atom is -0.0356 e. The lowest BCUT2D eigenvalue weighted by Gasteiger charge is -1.72. The molecule has 0 saturated carbocycles. The van der Waals surface area contributed by atoms with E-state index >= 15 is 0 Å². The maximum absolute atomic E-state index is 3.55. The Bertz CT molecular complexity index is 29.0. The van der Waals surface area contributed by atoms with Gasteiger partial charge in [0.1, 0.15) is 0 Å². The van der Waals surface area contributed by atoms with E-state index in [4.69, 9.17) is 0 Å². The third-order valence-corrected chi connectivity index (χ3v) is 0.493. The van der Waals surface area contributed by atoms with Gasteiger partial charge < -0.3 is 0 Å². The largest absolute Gasteiger partial charge is 0.106 e. The molecule has 0 fully saturated rings. The molecule has 0 amide bonds. The van der Waals surface area contributed by atoms with E-state index in [-0.39, 0.29) is 0 Å². The Morgan fingerprint density at radius 1 is 1.43 bits per heavy atom. The van der Waals surface area contributed by atoms with Gasteiger partial charge in [-0.15, -0.1) is 19.7 Å². The first kappa shape index (κ1) is 9.70. The third-order valence-electron chi connectivity index (χ3n) is 0.493. The summed E-state index contributed by atoms with van der Waals surface area (Å²) in [5, 5.41) is 0. The van der Waals surface area contributed by atoms with Gasteiger partial charge in [-0.2, -0.15) is 0 Å². The van der Waals surface area contributed by atoms with Gasteiger partial charge in [0.2, 0.25) is 0 Å². The van der Waals surface area contributed by atoms with Crippen LogP contribution in [0.3, 0.4) is 0 Å². The van der Waals surface area contributed by atoms with Gasteiger partial charge in [-0.05, 0) is 6.42 Å². The summed E-state index contributed by atoms with van der Waals surface area (Å²) >= 11 is 0. The first-order valence-electron chi connectivity index (χ1n) is 2.52. The minimum Gasteiger partial charge on any atom is -0.106 e. The Labute approximate surface area is 46.6 Å². The molecule has 0 spiro atoms. The molecular weight excluding hydrogens is 84.1 g/mol. The van der Waals surface area contributed by atoms with E-state index in [0.717, 1.165) is 6.42 Å². The minimum absolute atomic E-state index is 1.15. The first-order chi connectivity index (χ1) is 3.41. The zero-order chi connectivity index (χ0) is 6.12. The second kappa shape index (κ2) is 17.9. The van der Waals surface area contributed by atoms with Crippen LogP contribution in [0.5, 0.6) is 0 Å². The lowest BCUT2D eigenvalue weighted by molar-refractivity contribution is 0.961. The van der Waals surface area contributed by atoms with Crippen molar-refractivity contribution >= 4 is 0 Å². The smallest absolute Gasteiger partial charge is 0.0356 e. The molecule has 0 heteroatoms. The molecule has 0 aliphatic rings. The Balaban J connectivity index is 0. The summed E-state index contributed by atoms with van der Waals surface area (Å²) < 4.78 is 0. The predicted octanol–water partition coefficient (Wildman–Crippen LogP) is 2.77. The van der Waals surface area contributed by atoms with Gasteiger partial charge in [0, 0.05) is 0 Å². The molecule has 7 heavy (non-hydrogen) atoms. The standard InChI is InChI=1S/C5H10.C2H4/c1-3-5-4-2;1-2/h3H,1,4-5H2,2H3;1-2H2. The lowest BCUT2D eigenvalue weighted by atomic mass is 10.3. The van der Waals surface area contributed by atoms with E-state index in [1.165, 1.54) is 6.42 Å². The Morgan fingerprint density at radius 3 is 1.86 bits per heavy atom. The van der Waals surface area contributed by atoms with Gasteiger partial charge in [-0.3, -0.25) is 0 Å². The molecule has 0 atom stereocenters. The molecule has 0 nitrogen and oxygen atoms in total. The van der Waals surface area contributed by atoms with Gasteiger partial charge in [-0.25, -0.2) is 0 Å². The quantitative estimate of drug-likeness (QED) is 0.466. The molecule has 0 unspecified atom stereocenters. The highest BCUT2D eigenvalue weighted by atomic mass is 13.7. The number of hydrogen-bond acceptors (Lipinski definition) is 0. The molecule has 0 aromatic heterocycles. The van der Waals surface area contributed by atoms with Gasteiger partial charge >= 0.3 is 0 Å². The van der Waals surface area contributed by atoms with Crippen LogP contribution < -0.4 is 0 Å². The van der Waals surface area contributed by atoms with E-state index in [0.29, 0.717) is 0 Å². The van der Waals surface area contributed by atoms with Gasteiger partial charge in [0.15, 0.2) is 0 Å². The van der Waals surface area contributed by atoms with Gasteiger partial charge in [0.05, 0.1) is 0 Å². The van der Waals surface area contributed by atoms with E-state index in [9.17, 15) is 0 Å². The topological polar surface area (TPSA) is 0 Å². The molecule has 0 rings (SSSR count). The van der Waals surface area contributed by atoms with Crippen molar-refractivity contribution in [3.8, 4) is 0 Å². The summed E-state index contributed by atoms with van der Waals surface area (Å²) in [7, 11) is 0. The van der Waals surface area contributed by atoms with Crippen molar-refractivity contribution in [1.29, 1.82) is 0 Å². The first-order valence-corrected chi connectivity index (χ1v) is 2.52. The highest BCUT2D eigenvalue weighted by Crippen LogP contribution is 1.82. The average Bonchev–Trinajstić information content (AvgIpc) is 1.75. The van der Waals surface area contributed by atoms with E-state index in [1.54, 1.807) is 0 Å². The Morgan fingerprint density at radius 2 is 1.86 bits per heavy atom. The zero-order valence-corrected chi connectivity index (χ0v) is 5.11. The highest BCUT2D eigenvalue weighted by Gasteiger charge is 1.61. The molecule has 0 radical (unpaired) electrons. The molecule has 0 saturated heterocycles. The number of rotatable bonds is 2. The lowest BCUT2D eigenvalue weighted by Crippen LogP contribution is -1.52. The normalized spacial score (nSPS) is 5.86. The molecule has 0 aromatic rings. The fourth-order valence-corrected chi connectivity index (χ4v) is 0.204. The predicted molar refractivity (Wildman–Crippen MR) is 36.4 cm³/mol. The Kier molecular flexibility index (Phi) is 24.8. The maximum atomic E-state index is 3.55. The molecular formula is C7H14. The van der Waals surface area contributed by atoms with Gasteiger partial charge in [0.25, 0.3) is 0 Å². The number of unbranched alkanes of at least 4 members (excludes halogenated alkanes) is 1. The minimum atomic E-state index is 1.15. The van der Waals surface area contributed by atoms with Crippen molar-refractivity contribution in [2.45, 2.75) is 19.8 Å². The summed E-state index contributed by atoms with van der Waals surface area (Å²) in [5.74, 6) is 0. The number of allylic oxidation sites excluding steroid dienone is 1. The molecule has 0 bridgehead atoms. The fourth-order valence-electron chi connectivity index (χ4n) is 0.204. The van der Waals surface area contributed by atoms with Crippen LogP contribution in [0.1, 0.15) is 19.8 Å². The summed E-state index contributed by atoms with van der Waals surface area (Å²) in [4.78, 5) is 0. The van der Waals surface area contributed by atoms with Crippen molar-refractivity contribution in [3.05, 3.63) is 25.8 Å². The Hall–Kier alpha value is -0.520. The molecule has 0 aromatic carbocycles. The van der Waals surface area contributed by atoms with Crippen LogP contribution in [0.15, 0.2) is 25.8 Å². The average molecular weight is 98.2 g/mol. The van der Waals surface area contributed by atoms with Crippen LogP contribution in [-0.4, -0.2) is 0 Å². The number of hydrogen-bond donors (Lipinski definition) is 0. The van der Waals surface area contributed by atoms with E-state index < -0.39 is 0 Å². The van der Waals surface area contributed by atoms with Crippen LogP contribution in [0, 0.1) is 0 Å². The van der Waals surface area contributed by atoms with Crippen LogP contribution >= 0.6 is 0 Å². The van der Waals surface area contributed by atoms with Crippen LogP contribution in [0.2, 0.25) is 0 Å². The summed E-state index contributed by atoms with van der Waals surface area (Å²) in [6, 6.07) is 0. The summed E-state index contributed by atoms with van der Waals surface area (Å²) in [6.07, 6.45) is 4.31. The summed E-state index contributed by atoms with van der Waals surface area (Å²) in [5.41, 5.74) is 0. The SMILES string of the molecule is C=C.C=CCCC. The van der Waals surface area contributed by atoms with Crippen LogP contribution in [0.25, 0.3) is 0 Å². The molecule has 0 heterocycles. The summed E-state index contributed by atoms with van der Waals surface area (Å²) in [6.45, 7) is 11.7. The molecule has 0 aliphatic carbocycles. The van der Waals surface area contributed by atoms with Crippen LogP contribution in [0.4, 0.5) is 0 Å². The van der Waals surface area contributed by atoms with Crippen molar-refractivity contribution in [3.63, 3.8) is 0 Å². The second-order valence-corrected chi connectivity index (χ2v) is 1.08. The van der Waals surface area contributed by atoms with Gasteiger partial charge in [-0.1, -0.05) is 19.4 Å². The van der Waals surface area contributed by atoms with Crippen molar-refractivity contribution in [1.82, 2.24) is 0 Å². The van der Waals surface area contributed by atoms with Crippen molar-refractivity contribution in [2.75, 3.05) is 0 Å². The second-order valence-electron chi connectivity index (χ2n) is 1.08. The molecule has 42 valence electrons. The third kappa shape index (κ3) is 30.3. The van der Waals surface area contributed by atoms with Crippen LogP contribution in [-0.2, 0) is 0 Å². The van der Waals surface area contributed by atoms with E-state index in [2.05, 4.69) is 26.7 Å². The van der Waals surface area contributed by atoms with E-state index in [1.807, 2.05) is 6.08 Å². The highest BCUT2D eigenvalue weighted by molar-refractivity contribution is 4.63. The zero-order valence-electron chi connectivity index (χ0n) is 5.11. The molecule has 0 N–H and O–H groups in total. The monoisotopic (exact) mass is 98.1 g/mol. The van der Waals surface area contributed by atoms with Crippen molar-refractivity contribution < 1.29 is 0 Å². The van der Waals surface area contributed by atoms with Crippen molar-refractivity contribution in [2.24, 2.45) is 0 Å². The fraction of sp³-hybridized carbons (Fsp3) is 0.429.